The van der Waals surface area contributed by atoms with E-state index in [1.165, 1.54) is 27.6 Å². The van der Waals surface area contributed by atoms with E-state index in [1.54, 1.807) is 11.3 Å². The van der Waals surface area contributed by atoms with E-state index >= 15 is 0 Å². The van der Waals surface area contributed by atoms with Gasteiger partial charge in [-0.25, -0.2) is 0 Å². The van der Waals surface area contributed by atoms with Crippen LogP contribution in [-0.2, 0) is 12.0 Å². The summed E-state index contributed by atoms with van der Waals surface area (Å²) >= 11 is 3.85. The summed E-state index contributed by atoms with van der Waals surface area (Å²) in [6.45, 7) is 8.44. The van der Waals surface area contributed by atoms with E-state index in [4.69, 9.17) is 0 Å². The number of hydrogen-bond acceptors (Lipinski definition) is 4. The van der Waals surface area contributed by atoms with E-state index in [-0.39, 0.29) is 5.41 Å². The Morgan fingerprint density at radius 2 is 1.85 bits per heavy atom. The van der Waals surface area contributed by atoms with Crippen molar-refractivity contribution >= 4 is 34.7 Å². The van der Waals surface area contributed by atoms with Crippen LogP contribution in [0.15, 0.2) is 46.8 Å². The van der Waals surface area contributed by atoms with Gasteiger partial charge in [0.2, 0.25) is 0 Å². The van der Waals surface area contributed by atoms with Crippen molar-refractivity contribution in [3.63, 3.8) is 0 Å². The summed E-state index contributed by atoms with van der Waals surface area (Å²) < 4.78 is 0. The van der Waals surface area contributed by atoms with Gasteiger partial charge in [-0.3, -0.25) is 4.99 Å². The second-order valence-corrected chi connectivity index (χ2v) is 9.58. The molecule has 1 saturated heterocycles. The van der Waals surface area contributed by atoms with Crippen LogP contribution in [0.4, 0.5) is 5.69 Å². The predicted molar refractivity (Wildman–Crippen MR) is 122 cm³/mol. The van der Waals surface area contributed by atoms with Crippen molar-refractivity contribution in [2.45, 2.75) is 25.8 Å². The fourth-order valence-electron chi connectivity index (χ4n) is 3.11. The molecule has 2 N–H and O–H groups in total. The highest BCUT2D eigenvalue weighted by atomic mass is 32.2. The molecular formula is C21H30N4S2. The van der Waals surface area contributed by atoms with Crippen LogP contribution >= 0.6 is 23.1 Å². The van der Waals surface area contributed by atoms with E-state index in [9.17, 15) is 0 Å². The van der Waals surface area contributed by atoms with Crippen molar-refractivity contribution in [3.05, 3.63) is 52.2 Å². The van der Waals surface area contributed by atoms with Gasteiger partial charge in [-0.1, -0.05) is 32.0 Å². The largest absolute Gasteiger partial charge is 0.370 e. The zero-order valence-electron chi connectivity index (χ0n) is 16.5. The van der Waals surface area contributed by atoms with Gasteiger partial charge in [-0.2, -0.15) is 11.8 Å². The minimum atomic E-state index is 0.0835. The van der Waals surface area contributed by atoms with Gasteiger partial charge >= 0.3 is 0 Å². The maximum Gasteiger partial charge on any atom is 0.191 e. The molecule has 2 heterocycles. The van der Waals surface area contributed by atoms with Crippen LogP contribution in [-0.4, -0.2) is 44.1 Å². The van der Waals surface area contributed by atoms with Crippen molar-refractivity contribution in [1.29, 1.82) is 0 Å². The first-order chi connectivity index (χ1) is 13.1. The summed E-state index contributed by atoms with van der Waals surface area (Å²) in [6, 6.07) is 13.2. The fraction of sp³-hybridized carbons (Fsp3) is 0.476. The minimum absolute atomic E-state index is 0.0835. The fourth-order valence-corrected chi connectivity index (χ4v) is 4.86. The van der Waals surface area contributed by atoms with E-state index in [0.29, 0.717) is 0 Å². The summed E-state index contributed by atoms with van der Waals surface area (Å²) in [7, 11) is 1.82. The molecule has 1 aromatic carbocycles. The highest BCUT2D eigenvalue weighted by Crippen LogP contribution is 2.26. The average Bonchev–Trinajstić information content (AvgIpc) is 3.25. The van der Waals surface area contributed by atoms with Gasteiger partial charge < -0.3 is 15.5 Å². The molecule has 27 heavy (non-hydrogen) atoms. The van der Waals surface area contributed by atoms with E-state index in [0.717, 1.165) is 32.1 Å². The molecule has 0 spiro atoms. The summed E-state index contributed by atoms with van der Waals surface area (Å²) in [5, 5.41) is 9.03. The normalized spacial score (nSPS) is 15.7. The molecule has 1 aliphatic heterocycles. The third-order valence-corrected chi connectivity index (χ3v) is 7.06. The van der Waals surface area contributed by atoms with Crippen LogP contribution in [0.1, 0.15) is 24.3 Å². The molecule has 1 aromatic heterocycles. The van der Waals surface area contributed by atoms with Crippen LogP contribution in [0.3, 0.4) is 0 Å². The van der Waals surface area contributed by atoms with Crippen LogP contribution in [0, 0.1) is 0 Å². The van der Waals surface area contributed by atoms with Crippen LogP contribution in [0.2, 0.25) is 0 Å². The van der Waals surface area contributed by atoms with E-state index < -0.39 is 0 Å². The Bertz CT molecular complexity index is 717. The lowest BCUT2D eigenvalue weighted by Gasteiger charge is -2.28. The zero-order chi connectivity index (χ0) is 19.1. The highest BCUT2D eigenvalue weighted by Gasteiger charge is 2.21. The van der Waals surface area contributed by atoms with Gasteiger partial charge in [-0.05, 0) is 29.1 Å². The number of benzene rings is 1. The number of thiophene rings is 1. The van der Waals surface area contributed by atoms with Gasteiger partial charge in [0.05, 0.1) is 0 Å². The van der Waals surface area contributed by atoms with Gasteiger partial charge in [0.25, 0.3) is 0 Å². The maximum atomic E-state index is 4.37. The third-order valence-electron chi connectivity index (χ3n) is 4.88. The van der Waals surface area contributed by atoms with Crippen LogP contribution < -0.4 is 15.5 Å². The van der Waals surface area contributed by atoms with Gasteiger partial charge in [-0.15, -0.1) is 11.3 Å². The lowest BCUT2D eigenvalue weighted by Crippen LogP contribution is -2.42. The van der Waals surface area contributed by atoms with Gasteiger partial charge in [0.15, 0.2) is 5.96 Å². The molecule has 3 rings (SSSR count). The molecule has 0 amide bonds. The molecule has 6 heteroatoms. The zero-order valence-corrected chi connectivity index (χ0v) is 18.1. The Kier molecular flexibility index (Phi) is 7.07. The Balaban J connectivity index is 1.49. The number of guanidine groups is 1. The number of nitrogens with zero attached hydrogens (tertiary/aromatic N) is 2. The number of anilines is 1. The third kappa shape index (κ3) is 5.66. The average molecular weight is 403 g/mol. The molecule has 1 aliphatic rings. The molecule has 0 unspecified atom stereocenters. The summed E-state index contributed by atoms with van der Waals surface area (Å²) in [5.41, 5.74) is 2.69. The number of thioether (sulfide) groups is 1. The molecule has 0 aliphatic carbocycles. The molecule has 4 nitrogen and oxygen atoms in total. The second kappa shape index (κ2) is 9.51. The summed E-state index contributed by atoms with van der Waals surface area (Å²) in [6.07, 6.45) is 0. The molecular weight excluding hydrogens is 372 g/mol. The van der Waals surface area contributed by atoms with E-state index in [1.807, 2.05) is 18.8 Å². The minimum Gasteiger partial charge on any atom is -0.370 e. The van der Waals surface area contributed by atoms with Crippen molar-refractivity contribution < 1.29 is 0 Å². The van der Waals surface area contributed by atoms with Crippen molar-refractivity contribution in [2.24, 2.45) is 4.99 Å². The Morgan fingerprint density at radius 1 is 1.11 bits per heavy atom. The number of aliphatic imine (C=N–C) groups is 1. The molecule has 0 bridgehead atoms. The SMILES string of the molecule is CN=C(NCc1ccc(N2CCSCC2)cc1)NCC(C)(C)c1cccs1. The maximum absolute atomic E-state index is 4.37. The van der Waals surface area contributed by atoms with Crippen molar-refractivity contribution in [2.75, 3.05) is 43.1 Å². The highest BCUT2D eigenvalue weighted by molar-refractivity contribution is 7.99. The smallest absolute Gasteiger partial charge is 0.191 e. The monoisotopic (exact) mass is 402 g/mol. The first-order valence-electron chi connectivity index (χ1n) is 9.48. The standard InChI is InChI=1S/C21H30N4S2/c1-21(2,19-5-4-12-27-19)16-24-20(22-3)23-15-17-6-8-18(9-7-17)25-10-13-26-14-11-25/h4-9,12H,10-11,13-16H2,1-3H3,(H2,22,23,24). The topological polar surface area (TPSA) is 39.7 Å². The molecule has 0 atom stereocenters. The first kappa shape index (κ1) is 20.1. The molecule has 0 saturated carbocycles. The molecule has 0 radical (unpaired) electrons. The summed E-state index contributed by atoms with van der Waals surface area (Å²) in [5.74, 6) is 3.30. The van der Waals surface area contributed by atoms with Crippen molar-refractivity contribution in [3.8, 4) is 0 Å². The van der Waals surface area contributed by atoms with Crippen LogP contribution in [0.25, 0.3) is 0 Å². The Morgan fingerprint density at radius 3 is 2.48 bits per heavy atom. The summed E-state index contributed by atoms with van der Waals surface area (Å²) in [4.78, 5) is 8.23. The lowest BCUT2D eigenvalue weighted by molar-refractivity contribution is 0.518. The number of nitrogens with one attached hydrogen (secondary N) is 2. The molecule has 2 aromatic rings. The number of rotatable bonds is 6. The quantitative estimate of drug-likeness (QED) is 0.567. The predicted octanol–water partition coefficient (Wildman–Crippen LogP) is 3.94. The van der Waals surface area contributed by atoms with Gasteiger partial charge in [0.1, 0.15) is 0 Å². The lowest BCUT2D eigenvalue weighted by atomic mass is 9.91. The molecule has 146 valence electrons. The first-order valence-corrected chi connectivity index (χ1v) is 11.5. The Hall–Kier alpha value is -1.66. The van der Waals surface area contributed by atoms with Crippen LogP contribution in [0.5, 0.6) is 0 Å². The van der Waals surface area contributed by atoms with Crippen molar-refractivity contribution in [1.82, 2.24) is 10.6 Å². The van der Waals surface area contributed by atoms with E-state index in [2.05, 4.69) is 76.2 Å². The molecule has 1 fully saturated rings. The Labute approximate surface area is 171 Å². The second-order valence-electron chi connectivity index (χ2n) is 7.41. The number of hydrogen-bond donors (Lipinski definition) is 2. The van der Waals surface area contributed by atoms with Gasteiger partial charge in [0, 0.05) is 60.7 Å².